The molecule has 1 aromatic carbocycles. The van der Waals surface area contributed by atoms with Crippen LogP contribution >= 0.6 is 15.9 Å². The second-order valence-electron chi connectivity index (χ2n) is 4.93. The van der Waals surface area contributed by atoms with Crippen LogP contribution in [0.15, 0.2) is 27.7 Å². The summed E-state index contributed by atoms with van der Waals surface area (Å²) in [6.07, 6.45) is 0.838. The van der Waals surface area contributed by atoms with Gasteiger partial charge >= 0.3 is 0 Å². The van der Waals surface area contributed by atoms with Gasteiger partial charge in [0, 0.05) is 23.1 Å². The standard InChI is InChI=1S/C13H14BrFN2O2/c1-18-6-13(8-4-7(14)2-3-10(8)15)9-5-11(9)19-12(16)17-13/h2-4,9,11H,5-6H2,1H3,(H2,16,17)/t9-,11+,13+/m0/s1. The first-order valence-electron chi connectivity index (χ1n) is 6.03. The summed E-state index contributed by atoms with van der Waals surface area (Å²) in [7, 11) is 1.58. The highest BCUT2D eigenvalue weighted by Crippen LogP contribution is 2.53. The third-order valence-electron chi connectivity index (χ3n) is 3.69. The maximum atomic E-state index is 14.2. The van der Waals surface area contributed by atoms with Crippen LogP contribution in [0.1, 0.15) is 12.0 Å². The third kappa shape index (κ3) is 2.03. The minimum absolute atomic E-state index is 0.0195. The number of aliphatic imine (C=N–C) groups is 1. The molecule has 6 heteroatoms. The van der Waals surface area contributed by atoms with Gasteiger partial charge in [0.05, 0.1) is 6.61 Å². The summed E-state index contributed by atoms with van der Waals surface area (Å²) in [5.41, 5.74) is 5.44. The molecule has 2 aliphatic rings. The number of halogens is 2. The summed E-state index contributed by atoms with van der Waals surface area (Å²) in [5.74, 6) is -0.187. The van der Waals surface area contributed by atoms with Gasteiger partial charge in [-0.25, -0.2) is 9.38 Å². The van der Waals surface area contributed by atoms with Crippen molar-refractivity contribution < 1.29 is 13.9 Å². The van der Waals surface area contributed by atoms with Crippen LogP contribution in [0.4, 0.5) is 4.39 Å². The van der Waals surface area contributed by atoms with E-state index in [0.29, 0.717) is 5.56 Å². The van der Waals surface area contributed by atoms with Crippen molar-refractivity contribution in [2.45, 2.75) is 18.1 Å². The normalized spacial score (nSPS) is 32.3. The predicted molar refractivity (Wildman–Crippen MR) is 72.3 cm³/mol. The van der Waals surface area contributed by atoms with Crippen LogP contribution in [0.5, 0.6) is 0 Å². The average molecular weight is 329 g/mol. The number of benzene rings is 1. The Kier molecular flexibility index (Phi) is 3.02. The molecule has 4 nitrogen and oxygen atoms in total. The largest absolute Gasteiger partial charge is 0.462 e. The van der Waals surface area contributed by atoms with E-state index >= 15 is 0 Å². The van der Waals surface area contributed by atoms with Crippen LogP contribution in [0.3, 0.4) is 0 Å². The lowest BCUT2D eigenvalue weighted by Gasteiger charge is -2.33. The molecule has 3 atom stereocenters. The zero-order valence-electron chi connectivity index (χ0n) is 10.4. The van der Waals surface area contributed by atoms with E-state index in [1.165, 1.54) is 6.07 Å². The molecule has 1 aromatic rings. The third-order valence-corrected chi connectivity index (χ3v) is 4.18. The minimum atomic E-state index is -0.782. The topological polar surface area (TPSA) is 56.8 Å². The number of nitrogens with zero attached hydrogens (tertiary/aromatic N) is 1. The van der Waals surface area contributed by atoms with Crippen molar-refractivity contribution in [3.05, 3.63) is 34.1 Å². The van der Waals surface area contributed by atoms with Crippen molar-refractivity contribution >= 4 is 22.0 Å². The molecule has 1 heterocycles. The first-order valence-corrected chi connectivity index (χ1v) is 6.82. The zero-order chi connectivity index (χ0) is 13.6. The van der Waals surface area contributed by atoms with E-state index in [0.717, 1.165) is 10.9 Å². The van der Waals surface area contributed by atoms with E-state index in [-0.39, 0.29) is 30.5 Å². The van der Waals surface area contributed by atoms with Crippen molar-refractivity contribution in [3.63, 3.8) is 0 Å². The molecule has 19 heavy (non-hydrogen) atoms. The molecule has 1 aliphatic carbocycles. The number of fused-ring (bicyclic) bond motifs is 1. The number of rotatable bonds is 3. The van der Waals surface area contributed by atoms with E-state index in [9.17, 15) is 4.39 Å². The van der Waals surface area contributed by atoms with Crippen molar-refractivity contribution in [1.29, 1.82) is 0 Å². The first-order chi connectivity index (χ1) is 9.06. The molecule has 1 aliphatic heterocycles. The second-order valence-corrected chi connectivity index (χ2v) is 5.85. The summed E-state index contributed by atoms with van der Waals surface area (Å²) in [6, 6.07) is 4.94. The van der Waals surface area contributed by atoms with Gasteiger partial charge in [0.2, 0.25) is 0 Å². The van der Waals surface area contributed by atoms with Gasteiger partial charge < -0.3 is 15.2 Å². The van der Waals surface area contributed by atoms with E-state index in [1.54, 1.807) is 19.2 Å². The number of ether oxygens (including phenoxy) is 2. The Morgan fingerprint density at radius 3 is 3.16 bits per heavy atom. The second kappa shape index (κ2) is 4.45. The van der Waals surface area contributed by atoms with Crippen LogP contribution in [-0.4, -0.2) is 25.8 Å². The molecule has 2 N–H and O–H groups in total. The lowest BCUT2D eigenvalue weighted by atomic mass is 9.85. The van der Waals surface area contributed by atoms with Gasteiger partial charge in [0.15, 0.2) is 0 Å². The highest BCUT2D eigenvalue weighted by atomic mass is 79.9. The summed E-state index contributed by atoms with van der Waals surface area (Å²) < 4.78 is 25.7. The van der Waals surface area contributed by atoms with E-state index in [2.05, 4.69) is 20.9 Å². The maximum Gasteiger partial charge on any atom is 0.283 e. The molecular formula is C13H14BrFN2O2. The lowest BCUT2D eigenvalue weighted by molar-refractivity contribution is 0.0897. The maximum absolute atomic E-state index is 14.2. The molecule has 0 amide bonds. The quantitative estimate of drug-likeness (QED) is 0.925. The van der Waals surface area contributed by atoms with Gasteiger partial charge in [0.1, 0.15) is 17.5 Å². The number of hydrogen-bond donors (Lipinski definition) is 1. The number of methoxy groups -OCH3 is 1. The lowest BCUT2D eigenvalue weighted by Crippen LogP contribution is -2.41. The van der Waals surface area contributed by atoms with Gasteiger partial charge in [-0.15, -0.1) is 0 Å². The highest BCUT2D eigenvalue weighted by Gasteiger charge is 2.59. The Morgan fingerprint density at radius 2 is 2.42 bits per heavy atom. The molecule has 0 aromatic heterocycles. The summed E-state index contributed by atoms with van der Waals surface area (Å²) in [4.78, 5) is 4.38. The summed E-state index contributed by atoms with van der Waals surface area (Å²) in [6.45, 7) is 0.283. The number of nitrogens with two attached hydrogens (primary N) is 1. The Morgan fingerprint density at radius 1 is 1.63 bits per heavy atom. The molecule has 102 valence electrons. The van der Waals surface area contributed by atoms with Gasteiger partial charge in [-0.05, 0) is 24.6 Å². The van der Waals surface area contributed by atoms with Crippen molar-refractivity contribution in [3.8, 4) is 0 Å². The smallest absolute Gasteiger partial charge is 0.283 e. The predicted octanol–water partition coefficient (Wildman–Crippen LogP) is 2.16. The fourth-order valence-electron chi connectivity index (χ4n) is 2.79. The van der Waals surface area contributed by atoms with Crippen molar-refractivity contribution in [1.82, 2.24) is 0 Å². The number of amidine groups is 1. The van der Waals surface area contributed by atoms with Gasteiger partial charge in [-0.2, -0.15) is 0 Å². The summed E-state index contributed by atoms with van der Waals surface area (Å²) in [5, 5.41) is 0. The van der Waals surface area contributed by atoms with Crippen LogP contribution < -0.4 is 5.73 Å². The molecular weight excluding hydrogens is 315 g/mol. The highest BCUT2D eigenvalue weighted by molar-refractivity contribution is 9.10. The fraction of sp³-hybridized carbons (Fsp3) is 0.462. The van der Waals surface area contributed by atoms with Crippen molar-refractivity contribution in [2.24, 2.45) is 16.6 Å². The van der Waals surface area contributed by atoms with Crippen LogP contribution in [-0.2, 0) is 15.0 Å². The van der Waals surface area contributed by atoms with E-state index in [1.807, 2.05) is 0 Å². The Bertz CT molecular complexity index is 551. The zero-order valence-corrected chi connectivity index (χ0v) is 12.0. The molecule has 0 saturated heterocycles. The van der Waals surface area contributed by atoms with Crippen LogP contribution in [0.2, 0.25) is 0 Å². The van der Waals surface area contributed by atoms with E-state index < -0.39 is 5.54 Å². The fourth-order valence-corrected chi connectivity index (χ4v) is 3.15. The minimum Gasteiger partial charge on any atom is -0.462 e. The SMILES string of the molecule is COC[C@]1(c2cc(Br)ccc2F)N=C(N)O[C@@H]2C[C@@H]21. The molecule has 1 saturated carbocycles. The molecule has 0 radical (unpaired) electrons. The molecule has 0 spiro atoms. The van der Waals surface area contributed by atoms with Gasteiger partial charge in [0.25, 0.3) is 6.02 Å². The van der Waals surface area contributed by atoms with Gasteiger partial charge in [-0.3, -0.25) is 0 Å². The molecule has 0 bridgehead atoms. The Balaban J connectivity index is 2.15. The first kappa shape index (κ1) is 12.9. The van der Waals surface area contributed by atoms with Gasteiger partial charge in [-0.1, -0.05) is 15.9 Å². The van der Waals surface area contributed by atoms with Crippen LogP contribution in [0.25, 0.3) is 0 Å². The summed E-state index contributed by atoms with van der Waals surface area (Å²) >= 11 is 3.37. The van der Waals surface area contributed by atoms with E-state index in [4.69, 9.17) is 15.2 Å². The molecule has 1 fully saturated rings. The Hall–Kier alpha value is -1.14. The number of hydrogen-bond acceptors (Lipinski definition) is 4. The van der Waals surface area contributed by atoms with Crippen LogP contribution in [0, 0.1) is 11.7 Å². The average Bonchev–Trinajstić information content (AvgIpc) is 3.12. The van der Waals surface area contributed by atoms with Crippen molar-refractivity contribution in [2.75, 3.05) is 13.7 Å². The molecule has 0 unspecified atom stereocenters. The monoisotopic (exact) mass is 328 g/mol. The molecule has 3 rings (SSSR count). The Labute approximate surface area is 118 Å².